The normalized spacial score (nSPS) is 13.6. The number of amides is 3. The summed E-state index contributed by atoms with van der Waals surface area (Å²) in [6, 6.07) is 7.01. The fraction of sp³-hybridized carbons (Fsp3) is 0.316. The third-order valence-corrected chi connectivity index (χ3v) is 4.69. The summed E-state index contributed by atoms with van der Waals surface area (Å²) in [4.78, 5) is 50.5. The van der Waals surface area contributed by atoms with Gasteiger partial charge in [0.25, 0.3) is 11.8 Å². The van der Waals surface area contributed by atoms with Crippen LogP contribution in [0, 0.1) is 10.1 Å². The number of furan rings is 1. The van der Waals surface area contributed by atoms with Crippen LogP contribution in [0.5, 0.6) is 5.75 Å². The zero-order valence-electron chi connectivity index (χ0n) is 16.2. The molecule has 3 amide bonds. The van der Waals surface area contributed by atoms with E-state index in [0.717, 1.165) is 6.07 Å². The maximum Gasteiger partial charge on any atom is 0.311 e. The van der Waals surface area contributed by atoms with Gasteiger partial charge in [0.15, 0.2) is 11.5 Å². The van der Waals surface area contributed by atoms with Crippen molar-refractivity contribution in [1.29, 1.82) is 0 Å². The average molecular weight is 416 g/mol. The summed E-state index contributed by atoms with van der Waals surface area (Å²) in [5.74, 6) is -0.871. The molecule has 158 valence electrons. The summed E-state index contributed by atoms with van der Waals surface area (Å²) >= 11 is 0. The highest BCUT2D eigenvalue weighted by Gasteiger charge is 2.26. The summed E-state index contributed by atoms with van der Waals surface area (Å²) in [5.41, 5.74) is -0.294. The zero-order valence-corrected chi connectivity index (χ0v) is 16.2. The summed E-state index contributed by atoms with van der Waals surface area (Å²) in [5, 5.41) is 13.5. The number of carbonyl (C=O) groups is 3. The number of ether oxygens (including phenoxy) is 1. The zero-order chi connectivity index (χ0) is 21.7. The molecule has 1 aliphatic rings. The Balaban J connectivity index is 1.51. The van der Waals surface area contributed by atoms with Crippen LogP contribution in [-0.4, -0.2) is 72.3 Å². The molecule has 0 atom stereocenters. The number of hydrogen-bond acceptors (Lipinski definition) is 7. The molecule has 0 spiro atoms. The van der Waals surface area contributed by atoms with E-state index in [1.54, 1.807) is 21.9 Å². The van der Waals surface area contributed by atoms with Gasteiger partial charge in [0.05, 0.1) is 24.8 Å². The van der Waals surface area contributed by atoms with Gasteiger partial charge in [0.1, 0.15) is 0 Å². The number of nitrogens with one attached hydrogen (secondary N) is 1. The van der Waals surface area contributed by atoms with Crippen LogP contribution < -0.4 is 10.1 Å². The third-order valence-electron chi connectivity index (χ3n) is 4.69. The van der Waals surface area contributed by atoms with Crippen LogP contribution in [0.4, 0.5) is 5.69 Å². The molecule has 11 heteroatoms. The molecule has 0 aliphatic carbocycles. The summed E-state index contributed by atoms with van der Waals surface area (Å²) in [6.07, 6.45) is 1.42. The lowest BCUT2D eigenvalue weighted by atomic mass is 10.1. The predicted molar refractivity (Wildman–Crippen MR) is 103 cm³/mol. The molecule has 1 fully saturated rings. The van der Waals surface area contributed by atoms with Crippen LogP contribution in [-0.2, 0) is 4.79 Å². The molecular formula is C19H20N4O7. The Bertz CT molecular complexity index is 950. The van der Waals surface area contributed by atoms with Gasteiger partial charge < -0.3 is 24.3 Å². The summed E-state index contributed by atoms with van der Waals surface area (Å²) < 4.78 is 10.00. The number of nitro benzene ring substituents is 1. The van der Waals surface area contributed by atoms with Crippen molar-refractivity contribution in [2.45, 2.75) is 0 Å². The lowest BCUT2D eigenvalue weighted by Crippen LogP contribution is -2.52. The van der Waals surface area contributed by atoms with Crippen LogP contribution in [0.15, 0.2) is 41.0 Å². The van der Waals surface area contributed by atoms with Gasteiger partial charge in [-0.15, -0.1) is 0 Å². The number of hydrogen-bond donors (Lipinski definition) is 1. The Morgan fingerprint density at radius 3 is 2.47 bits per heavy atom. The number of methoxy groups -OCH3 is 1. The summed E-state index contributed by atoms with van der Waals surface area (Å²) in [6.45, 7) is 1.10. The van der Waals surface area contributed by atoms with E-state index < -0.39 is 10.8 Å². The highest BCUT2D eigenvalue weighted by molar-refractivity contribution is 5.97. The maximum atomic E-state index is 12.4. The first kappa shape index (κ1) is 20.8. The van der Waals surface area contributed by atoms with Gasteiger partial charge in [-0.05, 0) is 24.3 Å². The first-order valence-corrected chi connectivity index (χ1v) is 9.12. The minimum atomic E-state index is -0.649. The van der Waals surface area contributed by atoms with Crippen molar-refractivity contribution in [2.75, 3.05) is 39.8 Å². The Labute approximate surface area is 171 Å². The molecule has 11 nitrogen and oxygen atoms in total. The topological polar surface area (TPSA) is 135 Å². The molecule has 1 aromatic carbocycles. The molecule has 3 rings (SSSR count). The minimum absolute atomic E-state index is 0.0367. The Morgan fingerprint density at radius 1 is 1.17 bits per heavy atom. The first-order chi connectivity index (χ1) is 14.4. The van der Waals surface area contributed by atoms with Crippen molar-refractivity contribution >= 4 is 23.4 Å². The van der Waals surface area contributed by atoms with Gasteiger partial charge in [-0.3, -0.25) is 24.5 Å². The molecule has 1 aromatic heterocycles. The lowest BCUT2D eigenvalue weighted by molar-refractivity contribution is -0.385. The SMILES string of the molecule is COc1ccc(C(=O)NCC(=O)N2CCN(C(=O)c3ccco3)CC2)cc1[N+](=O)[O-]. The fourth-order valence-electron chi connectivity index (χ4n) is 3.06. The highest BCUT2D eigenvalue weighted by atomic mass is 16.6. The quantitative estimate of drug-likeness (QED) is 0.546. The minimum Gasteiger partial charge on any atom is -0.490 e. The predicted octanol–water partition coefficient (Wildman–Crippen LogP) is 0.911. The van der Waals surface area contributed by atoms with Crippen molar-refractivity contribution in [1.82, 2.24) is 15.1 Å². The highest BCUT2D eigenvalue weighted by Crippen LogP contribution is 2.27. The second-order valence-corrected chi connectivity index (χ2v) is 6.48. The smallest absolute Gasteiger partial charge is 0.311 e. The van der Waals surface area contributed by atoms with Crippen molar-refractivity contribution in [3.05, 3.63) is 58.0 Å². The Hall–Kier alpha value is -3.89. The van der Waals surface area contributed by atoms with Gasteiger partial charge >= 0.3 is 5.69 Å². The molecule has 0 radical (unpaired) electrons. The van der Waals surface area contributed by atoms with Crippen LogP contribution in [0.25, 0.3) is 0 Å². The number of benzene rings is 1. The van der Waals surface area contributed by atoms with Gasteiger partial charge in [-0.25, -0.2) is 0 Å². The van der Waals surface area contributed by atoms with Gasteiger partial charge in [0.2, 0.25) is 5.91 Å². The second kappa shape index (κ2) is 9.07. The van der Waals surface area contributed by atoms with Gasteiger partial charge in [-0.2, -0.15) is 0 Å². The van der Waals surface area contributed by atoms with Crippen molar-refractivity contribution in [3.8, 4) is 5.75 Å². The number of carbonyl (C=O) groups excluding carboxylic acids is 3. The van der Waals surface area contributed by atoms with Gasteiger partial charge in [0, 0.05) is 37.8 Å². The van der Waals surface area contributed by atoms with Crippen LogP contribution >= 0.6 is 0 Å². The lowest BCUT2D eigenvalue weighted by Gasteiger charge is -2.34. The van der Waals surface area contributed by atoms with E-state index >= 15 is 0 Å². The van der Waals surface area contributed by atoms with Crippen LogP contribution in [0.2, 0.25) is 0 Å². The Morgan fingerprint density at radius 2 is 1.87 bits per heavy atom. The summed E-state index contributed by atoms with van der Waals surface area (Å²) in [7, 11) is 1.29. The molecule has 0 saturated carbocycles. The molecule has 30 heavy (non-hydrogen) atoms. The van der Waals surface area contributed by atoms with Crippen LogP contribution in [0.3, 0.4) is 0 Å². The van der Waals surface area contributed by atoms with E-state index in [4.69, 9.17) is 9.15 Å². The van der Waals surface area contributed by atoms with Crippen molar-refractivity contribution in [3.63, 3.8) is 0 Å². The second-order valence-electron chi connectivity index (χ2n) is 6.48. The monoisotopic (exact) mass is 416 g/mol. The molecule has 2 heterocycles. The third kappa shape index (κ3) is 4.57. The number of piperazine rings is 1. The molecular weight excluding hydrogens is 396 g/mol. The van der Waals surface area contributed by atoms with Crippen molar-refractivity contribution < 1.29 is 28.5 Å². The molecule has 0 unspecified atom stereocenters. The largest absolute Gasteiger partial charge is 0.490 e. The van der Waals surface area contributed by atoms with E-state index in [1.165, 1.54) is 25.5 Å². The van der Waals surface area contributed by atoms with E-state index in [2.05, 4.69) is 5.32 Å². The standard InChI is InChI=1S/C19H20N4O7/c1-29-15-5-4-13(11-14(15)23(27)28)18(25)20-12-17(24)21-6-8-22(9-7-21)19(26)16-3-2-10-30-16/h2-5,10-11H,6-9,12H2,1H3,(H,20,25). The number of nitrogens with zero attached hydrogens (tertiary/aromatic N) is 3. The molecule has 1 N–H and O–H groups in total. The first-order valence-electron chi connectivity index (χ1n) is 9.12. The number of rotatable bonds is 6. The average Bonchev–Trinajstić information content (AvgIpc) is 3.31. The van der Waals surface area contributed by atoms with E-state index in [1.807, 2.05) is 0 Å². The Kier molecular flexibility index (Phi) is 6.30. The maximum absolute atomic E-state index is 12.4. The van der Waals surface area contributed by atoms with Gasteiger partial charge in [-0.1, -0.05) is 0 Å². The van der Waals surface area contributed by atoms with E-state index in [9.17, 15) is 24.5 Å². The fourth-order valence-corrected chi connectivity index (χ4v) is 3.06. The molecule has 0 bridgehead atoms. The molecule has 2 aromatic rings. The molecule has 1 saturated heterocycles. The van der Waals surface area contributed by atoms with Crippen molar-refractivity contribution in [2.24, 2.45) is 0 Å². The number of nitro groups is 1. The van der Waals surface area contributed by atoms with Crippen LogP contribution in [0.1, 0.15) is 20.9 Å². The molecule has 1 aliphatic heterocycles. The van der Waals surface area contributed by atoms with E-state index in [0.29, 0.717) is 26.2 Å². The van der Waals surface area contributed by atoms with E-state index in [-0.39, 0.29) is 41.1 Å².